The zero-order chi connectivity index (χ0) is 17.4. The highest BCUT2D eigenvalue weighted by Crippen LogP contribution is 2.48. The predicted molar refractivity (Wildman–Crippen MR) is 90.1 cm³/mol. The van der Waals surface area contributed by atoms with E-state index >= 15 is 0 Å². The number of phenols is 1. The van der Waals surface area contributed by atoms with E-state index in [9.17, 15) is 14.7 Å². The van der Waals surface area contributed by atoms with E-state index < -0.39 is 0 Å². The first-order valence-electron chi connectivity index (χ1n) is 8.54. The van der Waals surface area contributed by atoms with E-state index in [-0.39, 0.29) is 29.4 Å². The number of nitrogens with zero attached hydrogens (tertiary/aromatic N) is 2. The molecular formula is C19H20N2O4. The second-order valence-electron chi connectivity index (χ2n) is 6.63. The number of aromatic hydroxyl groups is 1. The van der Waals surface area contributed by atoms with E-state index in [0.717, 1.165) is 12.2 Å². The average molecular weight is 340 g/mol. The maximum absolute atomic E-state index is 12.6. The van der Waals surface area contributed by atoms with Crippen LogP contribution >= 0.6 is 0 Å². The number of furan rings is 1. The quantitative estimate of drug-likeness (QED) is 0.928. The summed E-state index contributed by atoms with van der Waals surface area (Å²) in [5, 5.41) is 9.52. The summed E-state index contributed by atoms with van der Waals surface area (Å²) in [4.78, 5) is 28.7. The molecule has 1 aromatic heterocycles. The van der Waals surface area contributed by atoms with Gasteiger partial charge in [-0.3, -0.25) is 9.59 Å². The van der Waals surface area contributed by atoms with Gasteiger partial charge in [0.2, 0.25) is 5.91 Å². The van der Waals surface area contributed by atoms with Crippen molar-refractivity contribution in [3.8, 4) is 5.75 Å². The van der Waals surface area contributed by atoms with Crippen molar-refractivity contribution in [2.24, 2.45) is 5.92 Å². The van der Waals surface area contributed by atoms with Gasteiger partial charge in [0.15, 0.2) is 0 Å². The highest BCUT2D eigenvalue weighted by molar-refractivity contribution is 5.94. The van der Waals surface area contributed by atoms with Crippen LogP contribution in [0.3, 0.4) is 0 Å². The minimum absolute atomic E-state index is 0.0134. The molecule has 6 heteroatoms. The summed E-state index contributed by atoms with van der Waals surface area (Å²) in [6.45, 7) is 2.12. The van der Waals surface area contributed by atoms with Gasteiger partial charge in [0, 0.05) is 43.6 Å². The van der Waals surface area contributed by atoms with Crippen LogP contribution in [0.1, 0.15) is 28.5 Å². The Labute approximate surface area is 145 Å². The van der Waals surface area contributed by atoms with Crippen LogP contribution < -0.4 is 0 Å². The van der Waals surface area contributed by atoms with Crippen molar-refractivity contribution < 1.29 is 19.1 Å². The van der Waals surface area contributed by atoms with Crippen LogP contribution in [-0.4, -0.2) is 52.9 Å². The molecule has 1 saturated carbocycles. The first kappa shape index (κ1) is 15.7. The molecule has 2 aliphatic rings. The topological polar surface area (TPSA) is 74.0 Å². The lowest BCUT2D eigenvalue weighted by atomic mass is 10.1. The number of carbonyl (C=O) groups is 2. The van der Waals surface area contributed by atoms with Gasteiger partial charge in [0.1, 0.15) is 11.5 Å². The molecule has 1 saturated heterocycles. The molecule has 0 unspecified atom stereocenters. The van der Waals surface area contributed by atoms with Gasteiger partial charge in [-0.1, -0.05) is 6.07 Å². The third-order valence-electron chi connectivity index (χ3n) is 4.99. The second kappa shape index (κ2) is 6.27. The highest BCUT2D eigenvalue weighted by atomic mass is 16.3. The Morgan fingerprint density at radius 2 is 1.80 bits per heavy atom. The van der Waals surface area contributed by atoms with Gasteiger partial charge in [0.25, 0.3) is 5.91 Å². The lowest BCUT2D eigenvalue weighted by Crippen LogP contribution is -2.51. The molecular weight excluding hydrogens is 320 g/mol. The smallest absolute Gasteiger partial charge is 0.254 e. The standard InChI is InChI=1S/C19H20N2O4/c22-14-4-1-3-13(11-14)18(23)20-6-8-21(9-7-20)19(24)16-12-15(16)17-5-2-10-25-17/h1-5,10-11,15-16,22H,6-9,12H2/t15-,16+/m0/s1. The number of hydrogen-bond acceptors (Lipinski definition) is 4. The molecule has 0 spiro atoms. The molecule has 2 fully saturated rings. The number of phenolic OH excluding ortho intramolecular Hbond substituents is 1. The van der Waals surface area contributed by atoms with E-state index in [0.29, 0.717) is 31.7 Å². The van der Waals surface area contributed by atoms with E-state index in [1.54, 1.807) is 29.4 Å². The van der Waals surface area contributed by atoms with E-state index in [2.05, 4.69) is 0 Å². The maximum Gasteiger partial charge on any atom is 0.254 e. The van der Waals surface area contributed by atoms with E-state index in [4.69, 9.17) is 4.42 Å². The van der Waals surface area contributed by atoms with Crippen molar-refractivity contribution in [3.63, 3.8) is 0 Å². The van der Waals surface area contributed by atoms with Gasteiger partial charge in [-0.25, -0.2) is 0 Å². The van der Waals surface area contributed by atoms with Crippen molar-refractivity contribution in [1.29, 1.82) is 0 Å². The SMILES string of the molecule is O=C(c1cccc(O)c1)N1CCN(C(=O)[C@@H]2C[C@@H]2c2ccco2)CC1. The first-order valence-corrected chi connectivity index (χ1v) is 8.54. The lowest BCUT2D eigenvalue weighted by molar-refractivity contribution is -0.134. The molecule has 1 aliphatic carbocycles. The monoisotopic (exact) mass is 340 g/mol. The number of carbonyl (C=O) groups excluding carboxylic acids is 2. The lowest BCUT2D eigenvalue weighted by Gasteiger charge is -2.35. The molecule has 1 aliphatic heterocycles. The Morgan fingerprint density at radius 1 is 1.04 bits per heavy atom. The number of piperazine rings is 1. The fourth-order valence-corrected chi connectivity index (χ4v) is 3.47. The van der Waals surface area contributed by atoms with Crippen LogP contribution in [0.5, 0.6) is 5.75 Å². The predicted octanol–water partition coefficient (Wildman–Crippen LogP) is 2.07. The Hall–Kier alpha value is -2.76. The molecule has 1 N–H and O–H groups in total. The van der Waals surface area contributed by atoms with Gasteiger partial charge < -0.3 is 19.3 Å². The zero-order valence-electron chi connectivity index (χ0n) is 13.8. The van der Waals surface area contributed by atoms with Gasteiger partial charge in [0.05, 0.1) is 6.26 Å². The van der Waals surface area contributed by atoms with Gasteiger partial charge in [-0.15, -0.1) is 0 Å². The fraction of sp³-hybridized carbons (Fsp3) is 0.368. The molecule has 4 rings (SSSR count). The second-order valence-corrected chi connectivity index (χ2v) is 6.63. The van der Waals surface area contributed by atoms with Crippen molar-refractivity contribution in [3.05, 3.63) is 54.0 Å². The third kappa shape index (κ3) is 3.12. The molecule has 2 atom stereocenters. The average Bonchev–Trinajstić information content (AvgIpc) is 3.25. The number of benzene rings is 1. The fourth-order valence-electron chi connectivity index (χ4n) is 3.47. The molecule has 0 bridgehead atoms. The van der Waals surface area contributed by atoms with Crippen molar-refractivity contribution in [2.45, 2.75) is 12.3 Å². The Morgan fingerprint density at radius 3 is 2.48 bits per heavy atom. The maximum atomic E-state index is 12.6. The van der Waals surface area contributed by atoms with Crippen LogP contribution in [0.4, 0.5) is 0 Å². The summed E-state index contributed by atoms with van der Waals surface area (Å²) in [5.41, 5.74) is 0.472. The molecule has 0 radical (unpaired) electrons. The van der Waals surface area contributed by atoms with Crippen LogP contribution in [-0.2, 0) is 4.79 Å². The largest absolute Gasteiger partial charge is 0.508 e. The molecule has 1 aromatic carbocycles. The van der Waals surface area contributed by atoms with Gasteiger partial charge >= 0.3 is 0 Å². The van der Waals surface area contributed by atoms with Crippen molar-refractivity contribution in [1.82, 2.24) is 9.80 Å². The van der Waals surface area contributed by atoms with Gasteiger partial charge in [-0.05, 0) is 36.8 Å². The number of amides is 2. The molecule has 130 valence electrons. The Bertz CT molecular complexity index is 778. The summed E-state index contributed by atoms with van der Waals surface area (Å²) >= 11 is 0. The summed E-state index contributed by atoms with van der Waals surface area (Å²) in [7, 11) is 0. The highest BCUT2D eigenvalue weighted by Gasteiger charge is 2.47. The van der Waals surface area contributed by atoms with Crippen molar-refractivity contribution in [2.75, 3.05) is 26.2 Å². The first-order chi connectivity index (χ1) is 12.1. The van der Waals surface area contributed by atoms with Crippen LogP contribution in [0.25, 0.3) is 0 Å². The number of rotatable bonds is 3. The summed E-state index contributed by atoms with van der Waals surface area (Å²) in [6, 6.07) is 10.1. The number of hydrogen-bond donors (Lipinski definition) is 1. The van der Waals surface area contributed by atoms with E-state index in [1.807, 2.05) is 17.0 Å². The Kier molecular flexibility index (Phi) is 3.95. The van der Waals surface area contributed by atoms with E-state index in [1.165, 1.54) is 6.07 Å². The molecule has 2 heterocycles. The normalized spacial score (nSPS) is 22.7. The van der Waals surface area contributed by atoms with Crippen LogP contribution in [0, 0.1) is 5.92 Å². The molecule has 25 heavy (non-hydrogen) atoms. The minimum Gasteiger partial charge on any atom is -0.508 e. The summed E-state index contributed by atoms with van der Waals surface area (Å²) in [6.07, 6.45) is 2.48. The molecule has 6 nitrogen and oxygen atoms in total. The van der Waals surface area contributed by atoms with Crippen molar-refractivity contribution >= 4 is 11.8 Å². The summed E-state index contributed by atoms with van der Waals surface area (Å²) < 4.78 is 5.39. The van der Waals surface area contributed by atoms with Crippen LogP contribution in [0.2, 0.25) is 0 Å². The molecule has 2 aromatic rings. The van der Waals surface area contributed by atoms with Crippen LogP contribution in [0.15, 0.2) is 47.1 Å². The summed E-state index contributed by atoms with van der Waals surface area (Å²) in [5.74, 6) is 1.23. The minimum atomic E-state index is -0.108. The molecule has 2 amide bonds. The van der Waals surface area contributed by atoms with Gasteiger partial charge in [-0.2, -0.15) is 0 Å². The Balaban J connectivity index is 1.33. The zero-order valence-corrected chi connectivity index (χ0v) is 13.8. The third-order valence-corrected chi connectivity index (χ3v) is 4.99.